The van der Waals surface area contributed by atoms with Crippen molar-refractivity contribution in [3.05, 3.63) is 28.8 Å². The van der Waals surface area contributed by atoms with E-state index in [2.05, 4.69) is 0 Å². The second-order valence-electron chi connectivity index (χ2n) is 2.91. The topological polar surface area (TPSA) is 26.3 Å². The standard InChI is InChI=1S/C10H11ClO2/c1-6-4-7(2)9(13-3)5-8(6)10(11)12/h4-5H,1-3H3. The van der Waals surface area contributed by atoms with E-state index in [4.69, 9.17) is 16.3 Å². The van der Waals surface area contributed by atoms with Gasteiger partial charge in [-0.1, -0.05) is 6.07 Å². The number of ether oxygens (including phenoxy) is 1. The van der Waals surface area contributed by atoms with Crippen molar-refractivity contribution >= 4 is 16.8 Å². The first-order chi connectivity index (χ1) is 6.06. The van der Waals surface area contributed by atoms with Gasteiger partial charge < -0.3 is 4.74 Å². The van der Waals surface area contributed by atoms with Gasteiger partial charge in [0.25, 0.3) is 5.24 Å². The molecule has 70 valence electrons. The Morgan fingerprint density at radius 2 is 1.92 bits per heavy atom. The molecular formula is C10H11ClO2. The van der Waals surface area contributed by atoms with Gasteiger partial charge in [0.1, 0.15) is 5.75 Å². The maximum atomic E-state index is 11.0. The van der Waals surface area contributed by atoms with E-state index < -0.39 is 5.24 Å². The molecular weight excluding hydrogens is 188 g/mol. The van der Waals surface area contributed by atoms with Crippen molar-refractivity contribution in [1.82, 2.24) is 0 Å². The number of methoxy groups -OCH3 is 1. The fourth-order valence-electron chi connectivity index (χ4n) is 1.26. The molecule has 0 radical (unpaired) electrons. The quantitative estimate of drug-likeness (QED) is 0.683. The highest BCUT2D eigenvalue weighted by Crippen LogP contribution is 2.23. The molecule has 0 N–H and O–H groups in total. The zero-order chi connectivity index (χ0) is 10.0. The number of aryl methyl sites for hydroxylation is 2. The molecule has 13 heavy (non-hydrogen) atoms. The van der Waals surface area contributed by atoms with Crippen LogP contribution in [0.1, 0.15) is 21.5 Å². The van der Waals surface area contributed by atoms with Crippen LogP contribution in [0.5, 0.6) is 5.75 Å². The fraction of sp³-hybridized carbons (Fsp3) is 0.300. The number of hydrogen-bond acceptors (Lipinski definition) is 2. The lowest BCUT2D eigenvalue weighted by Gasteiger charge is -2.07. The van der Waals surface area contributed by atoms with Gasteiger partial charge in [-0.15, -0.1) is 0 Å². The van der Waals surface area contributed by atoms with Gasteiger partial charge in [0.05, 0.1) is 7.11 Å². The van der Waals surface area contributed by atoms with E-state index in [1.165, 1.54) is 0 Å². The molecule has 0 aliphatic carbocycles. The molecule has 0 bridgehead atoms. The molecule has 0 unspecified atom stereocenters. The molecule has 0 saturated carbocycles. The van der Waals surface area contributed by atoms with Crippen LogP contribution < -0.4 is 4.74 Å². The summed E-state index contributed by atoms with van der Waals surface area (Å²) in [6.45, 7) is 3.77. The maximum Gasteiger partial charge on any atom is 0.252 e. The molecule has 3 heteroatoms. The van der Waals surface area contributed by atoms with Crippen LogP contribution in [-0.2, 0) is 0 Å². The number of rotatable bonds is 2. The van der Waals surface area contributed by atoms with Gasteiger partial charge >= 0.3 is 0 Å². The number of benzene rings is 1. The average molecular weight is 199 g/mol. The monoisotopic (exact) mass is 198 g/mol. The van der Waals surface area contributed by atoms with Crippen molar-refractivity contribution in [1.29, 1.82) is 0 Å². The van der Waals surface area contributed by atoms with Gasteiger partial charge in [-0.25, -0.2) is 0 Å². The Morgan fingerprint density at radius 3 is 2.38 bits per heavy atom. The zero-order valence-corrected chi connectivity index (χ0v) is 8.61. The van der Waals surface area contributed by atoms with Gasteiger partial charge in [0.2, 0.25) is 0 Å². The van der Waals surface area contributed by atoms with E-state index >= 15 is 0 Å². The van der Waals surface area contributed by atoms with Crippen LogP contribution in [0.4, 0.5) is 0 Å². The van der Waals surface area contributed by atoms with Crippen molar-refractivity contribution in [2.75, 3.05) is 7.11 Å². The summed E-state index contributed by atoms with van der Waals surface area (Å²) >= 11 is 5.40. The van der Waals surface area contributed by atoms with E-state index in [0.29, 0.717) is 11.3 Å². The average Bonchev–Trinajstić information content (AvgIpc) is 2.03. The summed E-state index contributed by atoms with van der Waals surface area (Å²) in [5, 5.41) is -0.448. The minimum absolute atomic E-state index is 0.448. The maximum absolute atomic E-state index is 11.0. The largest absolute Gasteiger partial charge is 0.496 e. The predicted molar refractivity (Wildman–Crippen MR) is 52.7 cm³/mol. The van der Waals surface area contributed by atoms with Gasteiger partial charge in [0.15, 0.2) is 0 Å². The van der Waals surface area contributed by atoms with E-state index in [1.807, 2.05) is 19.9 Å². The summed E-state index contributed by atoms with van der Waals surface area (Å²) in [6.07, 6.45) is 0. The van der Waals surface area contributed by atoms with Crippen LogP contribution in [0.25, 0.3) is 0 Å². The summed E-state index contributed by atoms with van der Waals surface area (Å²) in [6, 6.07) is 3.55. The number of carbonyl (C=O) groups is 1. The second-order valence-corrected chi connectivity index (χ2v) is 3.25. The molecule has 0 atom stereocenters. The Bertz CT molecular complexity index is 345. The van der Waals surface area contributed by atoms with Crippen molar-refractivity contribution in [2.24, 2.45) is 0 Å². The fourth-order valence-corrected chi connectivity index (χ4v) is 1.47. The molecule has 0 fully saturated rings. The lowest BCUT2D eigenvalue weighted by atomic mass is 10.1. The van der Waals surface area contributed by atoms with Crippen molar-refractivity contribution in [2.45, 2.75) is 13.8 Å². The molecule has 2 nitrogen and oxygen atoms in total. The van der Waals surface area contributed by atoms with E-state index in [1.54, 1.807) is 13.2 Å². The molecule has 0 aromatic heterocycles. The van der Waals surface area contributed by atoms with Crippen molar-refractivity contribution in [3.8, 4) is 5.75 Å². The van der Waals surface area contributed by atoms with Crippen LogP contribution in [-0.4, -0.2) is 12.4 Å². The molecule has 0 saturated heterocycles. The lowest BCUT2D eigenvalue weighted by molar-refractivity contribution is 0.108. The lowest BCUT2D eigenvalue weighted by Crippen LogP contribution is -1.97. The van der Waals surface area contributed by atoms with Crippen LogP contribution in [0, 0.1) is 13.8 Å². The molecule has 1 aromatic carbocycles. The third kappa shape index (κ3) is 2.01. The van der Waals surface area contributed by atoms with Gasteiger partial charge in [-0.3, -0.25) is 4.79 Å². The Balaban J connectivity index is 3.30. The highest BCUT2D eigenvalue weighted by molar-refractivity contribution is 6.67. The van der Waals surface area contributed by atoms with Crippen molar-refractivity contribution < 1.29 is 9.53 Å². The third-order valence-electron chi connectivity index (χ3n) is 1.95. The Labute approximate surface area is 82.5 Å². The summed E-state index contributed by atoms with van der Waals surface area (Å²) in [7, 11) is 1.57. The first-order valence-corrected chi connectivity index (χ1v) is 4.29. The van der Waals surface area contributed by atoms with Crippen LogP contribution in [0.3, 0.4) is 0 Å². The van der Waals surface area contributed by atoms with Gasteiger partial charge in [0, 0.05) is 5.56 Å². The van der Waals surface area contributed by atoms with Gasteiger partial charge in [-0.05, 0) is 42.6 Å². The highest BCUT2D eigenvalue weighted by Gasteiger charge is 2.09. The highest BCUT2D eigenvalue weighted by atomic mass is 35.5. The minimum Gasteiger partial charge on any atom is -0.496 e. The van der Waals surface area contributed by atoms with Gasteiger partial charge in [-0.2, -0.15) is 0 Å². The molecule has 0 amide bonds. The van der Waals surface area contributed by atoms with Crippen LogP contribution >= 0.6 is 11.6 Å². The molecule has 0 heterocycles. The van der Waals surface area contributed by atoms with E-state index in [0.717, 1.165) is 11.1 Å². The van der Waals surface area contributed by atoms with Crippen molar-refractivity contribution in [3.63, 3.8) is 0 Å². The molecule has 0 aliphatic rings. The smallest absolute Gasteiger partial charge is 0.252 e. The van der Waals surface area contributed by atoms with E-state index in [-0.39, 0.29) is 0 Å². The predicted octanol–water partition coefficient (Wildman–Crippen LogP) is 2.69. The molecule has 1 rings (SSSR count). The molecule has 1 aromatic rings. The first kappa shape index (κ1) is 10.1. The Morgan fingerprint density at radius 1 is 1.31 bits per heavy atom. The summed E-state index contributed by atoms with van der Waals surface area (Å²) in [4.78, 5) is 11.0. The van der Waals surface area contributed by atoms with Crippen LogP contribution in [0.15, 0.2) is 12.1 Å². The third-order valence-corrected chi connectivity index (χ3v) is 2.16. The Hall–Kier alpha value is -1.02. The minimum atomic E-state index is -0.448. The summed E-state index contributed by atoms with van der Waals surface area (Å²) in [5.41, 5.74) is 2.38. The normalized spacial score (nSPS) is 9.85. The second kappa shape index (κ2) is 3.79. The zero-order valence-electron chi connectivity index (χ0n) is 7.85. The SMILES string of the molecule is COc1cc(C(=O)Cl)c(C)cc1C. The summed E-state index contributed by atoms with van der Waals surface area (Å²) < 4.78 is 5.08. The molecule has 0 spiro atoms. The number of halogens is 1. The first-order valence-electron chi connectivity index (χ1n) is 3.91. The number of carbonyl (C=O) groups excluding carboxylic acids is 1. The number of hydrogen-bond donors (Lipinski definition) is 0. The summed E-state index contributed by atoms with van der Waals surface area (Å²) in [5.74, 6) is 0.689. The van der Waals surface area contributed by atoms with E-state index in [9.17, 15) is 4.79 Å². The van der Waals surface area contributed by atoms with Crippen LogP contribution in [0.2, 0.25) is 0 Å². The molecule has 0 aliphatic heterocycles. The Kier molecular flexibility index (Phi) is 2.94.